The summed E-state index contributed by atoms with van der Waals surface area (Å²) in [6.07, 6.45) is 6.80. The Morgan fingerprint density at radius 3 is 2.54 bits per heavy atom. The van der Waals surface area contributed by atoms with Crippen molar-refractivity contribution in [2.24, 2.45) is 0 Å². The number of halogens is 2. The normalized spacial score (nSPS) is 21.6. The lowest BCUT2D eigenvalue weighted by atomic mass is 10.0. The van der Waals surface area contributed by atoms with Crippen LogP contribution in [0.2, 0.25) is 0 Å². The van der Waals surface area contributed by atoms with E-state index in [2.05, 4.69) is 9.71 Å². The minimum absolute atomic E-state index is 0.0169. The zero-order valence-corrected chi connectivity index (χ0v) is 17.6. The maximum absolute atomic E-state index is 12.7. The highest BCUT2D eigenvalue weighted by Gasteiger charge is 2.26. The number of nitrogens with one attached hydrogen (secondary N) is 1. The van der Waals surface area contributed by atoms with Crippen molar-refractivity contribution in [1.82, 2.24) is 9.71 Å². The predicted octanol–water partition coefficient (Wildman–Crippen LogP) is 4.08. The summed E-state index contributed by atoms with van der Waals surface area (Å²) < 4.78 is 33.9. The quantitative estimate of drug-likeness (QED) is 0.677. The fraction of sp³-hybridized carbons (Fsp3) is 0.500. The molecule has 0 amide bonds. The zero-order chi connectivity index (χ0) is 19.5. The summed E-state index contributed by atoms with van der Waals surface area (Å²) in [7, 11) is -3.73. The van der Waals surface area contributed by atoms with Gasteiger partial charge in [-0.15, -0.1) is 23.2 Å². The Labute approximate surface area is 165 Å². The van der Waals surface area contributed by atoms with Crippen molar-refractivity contribution in [1.29, 1.82) is 0 Å². The molecule has 1 aromatic rings. The van der Waals surface area contributed by atoms with E-state index >= 15 is 0 Å². The van der Waals surface area contributed by atoms with E-state index in [4.69, 9.17) is 27.9 Å². The third kappa shape index (κ3) is 5.00. The molecular formula is C18H24Cl2N2O3S. The van der Waals surface area contributed by atoms with Gasteiger partial charge in [-0.2, -0.15) is 0 Å². The van der Waals surface area contributed by atoms with Crippen LogP contribution in [0, 0.1) is 0 Å². The summed E-state index contributed by atoms with van der Waals surface area (Å²) >= 11 is 12.0. The van der Waals surface area contributed by atoms with E-state index in [1.165, 1.54) is 12.2 Å². The van der Waals surface area contributed by atoms with Crippen LogP contribution in [0.15, 0.2) is 35.4 Å². The van der Waals surface area contributed by atoms with Gasteiger partial charge in [0.25, 0.3) is 0 Å². The smallest absolute Gasteiger partial charge is 0.240 e. The maximum atomic E-state index is 12.7. The minimum Gasteiger partial charge on any atom is -0.475 e. The molecule has 3 unspecified atom stereocenters. The SMILES string of the molecule is CCc1c(C(C)NS(=O)(=O)C2=CC(Cl)C(Cl)C=C2)ccnc1OC(C)C. The van der Waals surface area contributed by atoms with Crippen LogP contribution in [0.5, 0.6) is 5.88 Å². The number of hydrogen-bond donors (Lipinski definition) is 1. The van der Waals surface area contributed by atoms with Crippen molar-refractivity contribution < 1.29 is 13.2 Å². The Morgan fingerprint density at radius 1 is 1.27 bits per heavy atom. The average molecular weight is 419 g/mol. The number of sulfonamides is 1. The summed E-state index contributed by atoms with van der Waals surface area (Å²) in [5.74, 6) is 0.536. The molecule has 3 atom stereocenters. The first-order valence-corrected chi connectivity index (χ1v) is 10.9. The largest absolute Gasteiger partial charge is 0.475 e. The first kappa shape index (κ1) is 21.2. The highest BCUT2D eigenvalue weighted by Crippen LogP contribution is 2.29. The van der Waals surface area contributed by atoms with Crippen molar-refractivity contribution in [2.75, 3.05) is 0 Å². The first-order valence-electron chi connectivity index (χ1n) is 8.50. The van der Waals surface area contributed by atoms with Crippen molar-refractivity contribution in [3.05, 3.63) is 46.5 Å². The van der Waals surface area contributed by atoms with Crippen molar-refractivity contribution in [3.63, 3.8) is 0 Å². The number of aromatic nitrogens is 1. The summed E-state index contributed by atoms with van der Waals surface area (Å²) in [4.78, 5) is 4.40. The van der Waals surface area contributed by atoms with Gasteiger partial charge in [0.15, 0.2) is 0 Å². The van der Waals surface area contributed by atoms with E-state index in [0.717, 1.165) is 11.1 Å². The van der Waals surface area contributed by atoms with E-state index < -0.39 is 26.8 Å². The maximum Gasteiger partial charge on any atom is 0.240 e. The monoisotopic (exact) mass is 418 g/mol. The third-order valence-corrected chi connectivity index (χ3v) is 6.43. The standard InChI is InChI=1S/C18H24Cl2N2O3S/c1-5-14-15(8-9-21-18(14)25-11(2)3)12(4)22-26(23,24)13-6-7-16(19)17(20)10-13/h6-12,16-17,22H,5H2,1-4H3. The van der Waals surface area contributed by atoms with Gasteiger partial charge in [-0.3, -0.25) is 0 Å². The number of alkyl halides is 2. The molecule has 5 nitrogen and oxygen atoms in total. The number of nitrogens with zero attached hydrogens (tertiary/aromatic N) is 1. The van der Waals surface area contributed by atoms with Crippen molar-refractivity contribution in [2.45, 2.75) is 57.0 Å². The van der Waals surface area contributed by atoms with E-state index in [1.807, 2.05) is 26.8 Å². The van der Waals surface area contributed by atoms with E-state index in [9.17, 15) is 8.42 Å². The molecule has 0 bridgehead atoms. The molecule has 1 aromatic heterocycles. The number of hydrogen-bond acceptors (Lipinski definition) is 4. The summed E-state index contributed by atoms with van der Waals surface area (Å²) in [5.41, 5.74) is 1.72. The van der Waals surface area contributed by atoms with E-state index in [-0.39, 0.29) is 11.0 Å². The van der Waals surface area contributed by atoms with Crippen LogP contribution in [0.3, 0.4) is 0 Å². The van der Waals surface area contributed by atoms with Crippen LogP contribution in [0.25, 0.3) is 0 Å². The molecule has 0 fully saturated rings. The van der Waals surface area contributed by atoms with Gasteiger partial charge in [-0.25, -0.2) is 18.1 Å². The molecule has 0 radical (unpaired) electrons. The molecule has 0 saturated heterocycles. The lowest BCUT2D eigenvalue weighted by Crippen LogP contribution is -2.30. The minimum atomic E-state index is -3.73. The van der Waals surface area contributed by atoms with Gasteiger partial charge in [0.05, 0.1) is 21.8 Å². The van der Waals surface area contributed by atoms with Gasteiger partial charge in [-0.1, -0.05) is 13.0 Å². The van der Waals surface area contributed by atoms with Gasteiger partial charge in [0.2, 0.25) is 15.9 Å². The molecule has 0 aromatic carbocycles. The van der Waals surface area contributed by atoms with Gasteiger partial charge in [0, 0.05) is 17.8 Å². The topological polar surface area (TPSA) is 68.3 Å². The van der Waals surface area contributed by atoms with Gasteiger partial charge in [-0.05, 0) is 51.0 Å². The number of allylic oxidation sites excluding steroid dienone is 3. The summed E-state index contributed by atoms with van der Waals surface area (Å²) in [5, 5.41) is -0.989. The zero-order valence-electron chi connectivity index (χ0n) is 15.2. The number of pyridine rings is 1. The molecule has 0 spiro atoms. The number of ether oxygens (including phenoxy) is 1. The van der Waals surface area contributed by atoms with Crippen LogP contribution >= 0.6 is 23.2 Å². The second-order valence-corrected chi connectivity index (χ2v) is 9.09. The van der Waals surface area contributed by atoms with Gasteiger partial charge >= 0.3 is 0 Å². The van der Waals surface area contributed by atoms with Crippen LogP contribution in [-0.2, 0) is 16.4 Å². The van der Waals surface area contributed by atoms with Crippen molar-refractivity contribution in [3.8, 4) is 5.88 Å². The Balaban J connectivity index is 2.28. The molecular weight excluding hydrogens is 395 g/mol. The molecule has 1 N–H and O–H groups in total. The summed E-state index contributed by atoms with van der Waals surface area (Å²) in [6.45, 7) is 7.63. The molecule has 1 aliphatic rings. The molecule has 144 valence electrons. The molecule has 2 rings (SSSR count). The molecule has 0 saturated carbocycles. The second-order valence-electron chi connectivity index (χ2n) is 6.36. The molecule has 8 heteroatoms. The molecule has 26 heavy (non-hydrogen) atoms. The first-order chi connectivity index (χ1) is 12.2. The fourth-order valence-corrected chi connectivity index (χ4v) is 4.47. The number of rotatable bonds is 7. The van der Waals surface area contributed by atoms with Crippen LogP contribution in [0.4, 0.5) is 0 Å². The lowest BCUT2D eigenvalue weighted by molar-refractivity contribution is 0.229. The predicted molar refractivity (Wildman–Crippen MR) is 106 cm³/mol. The molecule has 1 heterocycles. The van der Waals surface area contributed by atoms with E-state index in [0.29, 0.717) is 12.3 Å². The van der Waals surface area contributed by atoms with E-state index in [1.54, 1.807) is 19.2 Å². The Bertz CT molecular complexity index is 807. The Morgan fingerprint density at radius 2 is 1.96 bits per heavy atom. The molecule has 0 aliphatic heterocycles. The highest BCUT2D eigenvalue weighted by molar-refractivity contribution is 7.93. The Kier molecular flexibility index (Phi) is 7.13. The van der Waals surface area contributed by atoms with Gasteiger partial charge in [0.1, 0.15) is 0 Å². The van der Waals surface area contributed by atoms with Crippen LogP contribution in [0.1, 0.15) is 44.9 Å². The highest BCUT2D eigenvalue weighted by atomic mass is 35.5. The lowest BCUT2D eigenvalue weighted by Gasteiger charge is -2.22. The molecule has 1 aliphatic carbocycles. The van der Waals surface area contributed by atoms with Crippen LogP contribution < -0.4 is 9.46 Å². The fourth-order valence-electron chi connectivity index (χ4n) is 2.71. The average Bonchev–Trinajstić information content (AvgIpc) is 2.56. The summed E-state index contributed by atoms with van der Waals surface area (Å²) in [6, 6.07) is 1.35. The Hall–Kier alpha value is -1.08. The third-order valence-electron chi connectivity index (χ3n) is 3.93. The van der Waals surface area contributed by atoms with Gasteiger partial charge < -0.3 is 4.74 Å². The second kappa shape index (κ2) is 8.74. The van der Waals surface area contributed by atoms with Crippen LogP contribution in [-0.4, -0.2) is 30.3 Å². The van der Waals surface area contributed by atoms with Crippen molar-refractivity contribution >= 4 is 33.2 Å².